The molecule has 0 aliphatic carbocycles. The molecule has 0 atom stereocenters. The van der Waals surface area contributed by atoms with Crippen LogP contribution in [0.3, 0.4) is 0 Å². The molecule has 12 heteroatoms. The van der Waals surface area contributed by atoms with Crippen molar-refractivity contribution in [2.75, 3.05) is 5.32 Å². The van der Waals surface area contributed by atoms with Crippen molar-refractivity contribution in [3.63, 3.8) is 0 Å². The van der Waals surface area contributed by atoms with E-state index in [4.69, 9.17) is 9.26 Å². The molecule has 2 aromatic carbocycles. The van der Waals surface area contributed by atoms with Gasteiger partial charge in [-0.3, -0.25) is 9.48 Å². The highest BCUT2D eigenvalue weighted by Gasteiger charge is 2.26. The minimum absolute atomic E-state index is 0.00104. The van der Waals surface area contributed by atoms with Crippen LogP contribution in [0.25, 0.3) is 0 Å². The van der Waals surface area contributed by atoms with E-state index in [1.807, 2.05) is 25.1 Å². The quantitative estimate of drug-likeness (QED) is 0.222. The van der Waals surface area contributed by atoms with Gasteiger partial charge in [0, 0.05) is 6.20 Å². The van der Waals surface area contributed by atoms with Gasteiger partial charge in [0.15, 0.2) is 29.0 Å². The summed E-state index contributed by atoms with van der Waals surface area (Å²) < 4.78 is 79.7. The van der Waals surface area contributed by atoms with Crippen molar-refractivity contribution in [3.05, 3.63) is 93.9 Å². The molecule has 0 spiro atoms. The number of amides is 1. The Kier molecular flexibility index (Phi) is 6.54. The number of ether oxygens (including phenoxy) is 1. The van der Waals surface area contributed by atoms with Gasteiger partial charge in [0.05, 0.1) is 29.6 Å². The first-order valence-electron chi connectivity index (χ1n) is 10.1. The smallest absolute Gasteiger partial charge is 0.278 e. The Hall–Kier alpha value is -4.22. The first kappa shape index (κ1) is 23.9. The van der Waals surface area contributed by atoms with Crippen LogP contribution in [0.2, 0.25) is 0 Å². The third-order valence-electron chi connectivity index (χ3n) is 5.08. The lowest BCUT2D eigenvalue weighted by Crippen LogP contribution is -2.15. The van der Waals surface area contributed by atoms with E-state index in [1.165, 1.54) is 0 Å². The van der Waals surface area contributed by atoms with E-state index < -0.39 is 47.1 Å². The highest BCUT2D eigenvalue weighted by molar-refractivity contribution is 6.03. The molecule has 0 radical (unpaired) electrons. The zero-order valence-corrected chi connectivity index (χ0v) is 18.3. The van der Waals surface area contributed by atoms with E-state index in [1.54, 1.807) is 13.0 Å². The topological polar surface area (TPSA) is 82.2 Å². The minimum atomic E-state index is -2.25. The fourth-order valence-electron chi connectivity index (χ4n) is 3.26. The van der Waals surface area contributed by atoms with Gasteiger partial charge in [0.1, 0.15) is 18.1 Å². The van der Waals surface area contributed by atoms with Crippen LogP contribution in [-0.2, 0) is 13.2 Å². The Balaban J connectivity index is 1.48. The third kappa shape index (κ3) is 4.86. The van der Waals surface area contributed by atoms with E-state index in [9.17, 15) is 26.7 Å². The summed E-state index contributed by atoms with van der Waals surface area (Å²) >= 11 is 0. The number of hydrogen-bond acceptors (Lipinski definition) is 5. The molecule has 1 N–H and O–H groups in total. The Morgan fingerprint density at radius 2 is 1.71 bits per heavy atom. The fourth-order valence-corrected chi connectivity index (χ4v) is 3.26. The molecule has 1 amide bonds. The minimum Gasteiger partial charge on any atom is -0.489 e. The van der Waals surface area contributed by atoms with E-state index in [2.05, 4.69) is 15.6 Å². The van der Waals surface area contributed by atoms with Gasteiger partial charge in [-0.15, -0.1) is 0 Å². The number of aryl methyl sites for hydroxylation is 2. The van der Waals surface area contributed by atoms with Gasteiger partial charge in [0.25, 0.3) is 5.91 Å². The molecule has 182 valence electrons. The summed E-state index contributed by atoms with van der Waals surface area (Å²) in [5, 5.41) is 10.0. The number of halogens is 5. The zero-order valence-electron chi connectivity index (χ0n) is 18.3. The fraction of sp³-hybridized carbons (Fsp3) is 0.174. The second-order valence-corrected chi connectivity index (χ2v) is 7.60. The molecule has 0 unspecified atom stereocenters. The summed E-state index contributed by atoms with van der Waals surface area (Å²) in [5.41, 5.74) is 0.362. The normalized spacial score (nSPS) is 11.1. The van der Waals surface area contributed by atoms with E-state index >= 15 is 0 Å². The number of nitrogens with zero attached hydrogens (tertiary/aromatic N) is 3. The van der Waals surface area contributed by atoms with Crippen LogP contribution >= 0.6 is 0 Å². The van der Waals surface area contributed by atoms with Gasteiger partial charge < -0.3 is 14.6 Å². The summed E-state index contributed by atoms with van der Waals surface area (Å²) in [6, 6.07) is 7.31. The molecule has 0 saturated carbocycles. The van der Waals surface area contributed by atoms with Crippen molar-refractivity contribution < 1.29 is 36.0 Å². The summed E-state index contributed by atoms with van der Waals surface area (Å²) in [7, 11) is 0. The predicted molar refractivity (Wildman–Crippen MR) is 112 cm³/mol. The van der Waals surface area contributed by atoms with Crippen molar-refractivity contribution in [2.45, 2.75) is 27.0 Å². The van der Waals surface area contributed by atoms with Crippen LogP contribution in [0.15, 0.2) is 41.2 Å². The molecule has 35 heavy (non-hydrogen) atoms. The third-order valence-corrected chi connectivity index (χ3v) is 5.08. The second kappa shape index (κ2) is 9.57. The zero-order chi connectivity index (χ0) is 25.3. The number of hydrogen-bond donors (Lipinski definition) is 1. The van der Waals surface area contributed by atoms with Crippen molar-refractivity contribution in [1.82, 2.24) is 14.9 Å². The van der Waals surface area contributed by atoms with Crippen molar-refractivity contribution in [3.8, 4) is 5.75 Å². The molecule has 2 heterocycles. The van der Waals surface area contributed by atoms with Gasteiger partial charge >= 0.3 is 0 Å². The van der Waals surface area contributed by atoms with Crippen LogP contribution in [0.5, 0.6) is 5.75 Å². The SMILES string of the molecule is Cc1cccc(OCc2c(C(=O)Nc3cnn(Cc4c(F)c(F)c(F)c(F)c4F)c3)noc2C)c1. The van der Waals surface area contributed by atoms with Crippen LogP contribution in [-0.4, -0.2) is 20.8 Å². The monoisotopic (exact) mass is 492 g/mol. The lowest BCUT2D eigenvalue weighted by atomic mass is 10.1. The first-order valence-corrected chi connectivity index (χ1v) is 10.1. The maximum absolute atomic E-state index is 13.9. The number of nitrogens with one attached hydrogen (secondary N) is 1. The molecule has 7 nitrogen and oxygen atoms in total. The number of rotatable bonds is 7. The van der Waals surface area contributed by atoms with E-state index in [0.717, 1.165) is 22.6 Å². The standard InChI is InChI=1S/C23H17F5N4O3/c1-11-4-3-5-14(6-11)34-10-16-12(2)35-31-22(16)23(33)30-13-7-29-32(8-13)9-15-17(24)19(26)21(28)20(27)18(15)25/h3-8H,9-10H2,1-2H3,(H,30,33). The lowest BCUT2D eigenvalue weighted by Gasteiger charge is -2.08. The number of aromatic nitrogens is 3. The number of benzene rings is 2. The van der Waals surface area contributed by atoms with Crippen LogP contribution in [0.4, 0.5) is 27.6 Å². The van der Waals surface area contributed by atoms with Crippen molar-refractivity contribution in [1.29, 1.82) is 0 Å². The predicted octanol–water partition coefficient (Wildman–Crippen LogP) is 5.06. The Bertz CT molecular complexity index is 1390. The number of anilines is 1. The molecular formula is C23H17F5N4O3. The molecule has 0 saturated heterocycles. The molecule has 0 bridgehead atoms. The first-order chi connectivity index (χ1) is 16.7. The van der Waals surface area contributed by atoms with Crippen molar-refractivity contribution >= 4 is 11.6 Å². The Morgan fingerprint density at radius 1 is 1.03 bits per heavy atom. The highest BCUT2D eigenvalue weighted by Crippen LogP contribution is 2.24. The highest BCUT2D eigenvalue weighted by atomic mass is 19.2. The summed E-state index contributed by atoms with van der Waals surface area (Å²) in [6.07, 6.45) is 2.30. The van der Waals surface area contributed by atoms with Crippen LogP contribution in [0, 0.1) is 42.9 Å². The number of carbonyl (C=O) groups excluding carboxylic acids is 1. The van der Waals surface area contributed by atoms with Gasteiger partial charge in [0.2, 0.25) is 5.82 Å². The number of carbonyl (C=O) groups is 1. The lowest BCUT2D eigenvalue weighted by molar-refractivity contribution is 0.101. The van der Waals surface area contributed by atoms with E-state index in [-0.39, 0.29) is 18.0 Å². The Labute approximate surface area is 195 Å². The maximum atomic E-state index is 13.9. The summed E-state index contributed by atoms with van der Waals surface area (Å²) in [4.78, 5) is 12.7. The summed E-state index contributed by atoms with van der Waals surface area (Å²) in [5.74, 6) is -10.0. The molecule has 4 aromatic rings. The second-order valence-electron chi connectivity index (χ2n) is 7.60. The van der Waals surface area contributed by atoms with Gasteiger partial charge in [-0.2, -0.15) is 5.10 Å². The molecule has 4 rings (SSSR count). The molecular weight excluding hydrogens is 475 g/mol. The molecule has 0 fully saturated rings. The average molecular weight is 492 g/mol. The van der Waals surface area contributed by atoms with Gasteiger partial charge in [-0.05, 0) is 31.5 Å². The van der Waals surface area contributed by atoms with Crippen molar-refractivity contribution in [2.24, 2.45) is 0 Å². The molecule has 0 aliphatic heterocycles. The van der Waals surface area contributed by atoms with Crippen LogP contribution in [0.1, 0.15) is 32.9 Å². The molecule has 0 aliphatic rings. The van der Waals surface area contributed by atoms with E-state index in [0.29, 0.717) is 17.1 Å². The molecule has 2 aromatic heterocycles. The van der Waals surface area contributed by atoms with Crippen LogP contribution < -0.4 is 10.1 Å². The maximum Gasteiger partial charge on any atom is 0.278 e. The van der Waals surface area contributed by atoms with Gasteiger partial charge in [-0.25, -0.2) is 22.0 Å². The summed E-state index contributed by atoms with van der Waals surface area (Å²) in [6.45, 7) is 2.75. The van der Waals surface area contributed by atoms with Gasteiger partial charge in [-0.1, -0.05) is 17.3 Å². The largest absolute Gasteiger partial charge is 0.489 e. The average Bonchev–Trinajstić information content (AvgIpc) is 3.43. The Morgan fingerprint density at radius 3 is 2.40 bits per heavy atom.